The van der Waals surface area contributed by atoms with Crippen molar-refractivity contribution in [1.82, 2.24) is 0 Å². The van der Waals surface area contributed by atoms with E-state index in [1.165, 1.54) is 0 Å². The van der Waals surface area contributed by atoms with Gasteiger partial charge in [0.25, 0.3) is 15.1 Å². The minimum absolute atomic E-state index is 0.603. The Morgan fingerprint density at radius 3 is 2.25 bits per heavy atom. The summed E-state index contributed by atoms with van der Waals surface area (Å²) in [5, 5.41) is 13.3. The van der Waals surface area contributed by atoms with Crippen molar-refractivity contribution in [3.8, 4) is 0 Å². The summed E-state index contributed by atoms with van der Waals surface area (Å²) in [5.41, 5.74) is 0. The van der Waals surface area contributed by atoms with Gasteiger partial charge in [0.2, 0.25) is 0 Å². The topological polar surface area (TPSA) is 104 Å². The van der Waals surface area contributed by atoms with Crippen LogP contribution in [-0.4, -0.2) is 30.0 Å². The molecule has 0 atom stereocenters. The molecule has 0 aliphatic carbocycles. The molecule has 1 rings (SSSR count). The summed E-state index contributed by atoms with van der Waals surface area (Å²) >= 11 is 1.05. The smallest absolute Gasteiger partial charge is 0.270 e. The Kier molecular flexibility index (Phi) is 2.44. The van der Waals surface area contributed by atoms with Gasteiger partial charge in [-0.05, 0) is 16.7 Å². The standard InChI is InChI=1S/C3H6N4O3S2/c1-11-3(2-12(8,9)10)4-6-7-5-3/h2H2,1H3,(H,8,9,10). The van der Waals surface area contributed by atoms with Gasteiger partial charge in [0.1, 0.15) is 5.75 Å². The first kappa shape index (κ1) is 9.55. The third-order valence-corrected chi connectivity index (χ3v) is 3.05. The average molecular weight is 210 g/mol. The van der Waals surface area contributed by atoms with E-state index < -0.39 is 20.9 Å². The van der Waals surface area contributed by atoms with Crippen LogP contribution < -0.4 is 0 Å². The highest BCUT2D eigenvalue weighted by molar-refractivity contribution is 8.00. The summed E-state index contributed by atoms with van der Waals surface area (Å²) in [6.07, 6.45) is 1.61. The molecule has 0 aromatic rings. The molecule has 0 saturated carbocycles. The van der Waals surface area contributed by atoms with Crippen LogP contribution in [0.15, 0.2) is 20.7 Å². The zero-order valence-electron chi connectivity index (χ0n) is 6.08. The second-order valence-corrected chi connectivity index (χ2v) is 4.57. The van der Waals surface area contributed by atoms with E-state index in [1.807, 2.05) is 0 Å². The van der Waals surface area contributed by atoms with Gasteiger partial charge in [-0.3, -0.25) is 4.55 Å². The molecular weight excluding hydrogens is 204 g/mol. The van der Waals surface area contributed by atoms with Crippen LogP contribution >= 0.6 is 11.8 Å². The lowest BCUT2D eigenvalue weighted by Gasteiger charge is -2.13. The average Bonchev–Trinajstić information content (AvgIpc) is 2.34. The lowest BCUT2D eigenvalue weighted by atomic mass is 10.6. The van der Waals surface area contributed by atoms with E-state index in [4.69, 9.17) is 4.55 Å². The molecule has 1 N–H and O–H groups in total. The third-order valence-electron chi connectivity index (χ3n) is 1.14. The number of nitrogens with zero attached hydrogens (tertiary/aromatic N) is 4. The highest BCUT2D eigenvalue weighted by Gasteiger charge is 2.37. The third kappa shape index (κ3) is 2.22. The van der Waals surface area contributed by atoms with Gasteiger partial charge in [-0.25, -0.2) is 0 Å². The number of hydrogen-bond donors (Lipinski definition) is 1. The van der Waals surface area contributed by atoms with Gasteiger partial charge < -0.3 is 0 Å². The molecule has 0 fully saturated rings. The molecular formula is C3H6N4O3S2. The van der Waals surface area contributed by atoms with Crippen LogP contribution in [-0.2, 0) is 10.1 Å². The zero-order chi connectivity index (χ0) is 9.24. The highest BCUT2D eigenvalue weighted by atomic mass is 32.2. The normalized spacial score (nSPS) is 20.2. The molecule has 0 spiro atoms. The molecule has 12 heavy (non-hydrogen) atoms. The van der Waals surface area contributed by atoms with Crippen molar-refractivity contribution < 1.29 is 13.0 Å². The summed E-state index contributed by atoms with van der Waals surface area (Å²) in [6, 6.07) is 0. The lowest BCUT2D eigenvalue weighted by Crippen LogP contribution is -2.27. The lowest BCUT2D eigenvalue weighted by molar-refractivity contribution is 0.474. The Morgan fingerprint density at radius 1 is 1.42 bits per heavy atom. The molecule has 1 aliphatic rings. The summed E-state index contributed by atoms with van der Waals surface area (Å²) in [6.45, 7) is 0. The van der Waals surface area contributed by atoms with Crippen LogP contribution in [0, 0.1) is 0 Å². The van der Waals surface area contributed by atoms with Crippen LogP contribution in [0.25, 0.3) is 0 Å². The second kappa shape index (κ2) is 3.07. The maximum Gasteiger partial charge on any atom is 0.270 e. The number of rotatable bonds is 3. The first-order chi connectivity index (χ1) is 5.47. The quantitative estimate of drug-likeness (QED) is 0.693. The van der Waals surface area contributed by atoms with E-state index in [0.29, 0.717) is 0 Å². The number of thioether (sulfide) groups is 1. The van der Waals surface area contributed by atoms with Gasteiger partial charge in [0.05, 0.1) is 0 Å². The first-order valence-electron chi connectivity index (χ1n) is 2.82. The van der Waals surface area contributed by atoms with Gasteiger partial charge in [-0.1, -0.05) is 0 Å². The minimum Gasteiger partial charge on any atom is -0.285 e. The van der Waals surface area contributed by atoms with Crippen LogP contribution in [0.3, 0.4) is 0 Å². The van der Waals surface area contributed by atoms with Gasteiger partial charge in [0, 0.05) is 0 Å². The molecule has 0 bridgehead atoms. The van der Waals surface area contributed by atoms with E-state index in [0.717, 1.165) is 11.8 Å². The van der Waals surface area contributed by atoms with E-state index >= 15 is 0 Å². The van der Waals surface area contributed by atoms with Crippen LogP contribution in [0.5, 0.6) is 0 Å². The predicted octanol–water partition coefficient (Wildman–Crippen LogP) is 0.724. The van der Waals surface area contributed by atoms with Crippen LogP contribution in [0.4, 0.5) is 0 Å². The SMILES string of the molecule is CSC1(CS(=O)(=O)O)N=NN=N1. The summed E-state index contributed by atoms with van der Waals surface area (Å²) < 4.78 is 29.5. The van der Waals surface area contributed by atoms with Crippen LogP contribution in [0.1, 0.15) is 0 Å². The monoisotopic (exact) mass is 210 g/mol. The predicted molar refractivity (Wildman–Crippen MR) is 42.4 cm³/mol. The first-order valence-corrected chi connectivity index (χ1v) is 5.65. The van der Waals surface area contributed by atoms with E-state index in [2.05, 4.69) is 20.7 Å². The molecule has 0 aromatic carbocycles. The fourth-order valence-corrected chi connectivity index (χ4v) is 2.38. The molecule has 68 valence electrons. The van der Waals surface area contributed by atoms with Crippen molar-refractivity contribution in [2.45, 2.75) is 4.99 Å². The maximum atomic E-state index is 10.5. The summed E-state index contributed by atoms with van der Waals surface area (Å²) in [5.74, 6) is -0.603. The van der Waals surface area contributed by atoms with Crippen molar-refractivity contribution in [3.63, 3.8) is 0 Å². The van der Waals surface area contributed by atoms with Crippen molar-refractivity contribution in [2.24, 2.45) is 20.7 Å². The second-order valence-electron chi connectivity index (χ2n) is 2.05. The summed E-state index contributed by atoms with van der Waals surface area (Å²) in [4.78, 5) is -1.28. The largest absolute Gasteiger partial charge is 0.285 e. The van der Waals surface area contributed by atoms with Crippen molar-refractivity contribution in [2.75, 3.05) is 12.0 Å². The van der Waals surface area contributed by atoms with E-state index in [1.54, 1.807) is 6.26 Å². The Bertz CT molecular complexity index is 308. The van der Waals surface area contributed by atoms with Gasteiger partial charge >= 0.3 is 0 Å². The fraction of sp³-hybridized carbons (Fsp3) is 1.00. The minimum atomic E-state index is -4.11. The molecule has 0 amide bonds. The Labute approximate surface area is 73.1 Å². The Balaban J connectivity index is 2.84. The van der Waals surface area contributed by atoms with Gasteiger partial charge in [0.15, 0.2) is 0 Å². The van der Waals surface area contributed by atoms with E-state index in [-0.39, 0.29) is 0 Å². The van der Waals surface area contributed by atoms with Crippen molar-refractivity contribution in [3.05, 3.63) is 0 Å². The molecule has 0 unspecified atom stereocenters. The number of hydrogen-bond acceptors (Lipinski definition) is 7. The zero-order valence-corrected chi connectivity index (χ0v) is 7.71. The van der Waals surface area contributed by atoms with Crippen molar-refractivity contribution in [1.29, 1.82) is 0 Å². The van der Waals surface area contributed by atoms with Gasteiger partial charge in [-0.2, -0.15) is 8.42 Å². The molecule has 7 nitrogen and oxygen atoms in total. The maximum absolute atomic E-state index is 10.5. The van der Waals surface area contributed by atoms with E-state index in [9.17, 15) is 8.42 Å². The molecule has 0 saturated heterocycles. The molecule has 0 radical (unpaired) electrons. The molecule has 1 aliphatic heterocycles. The molecule has 9 heteroatoms. The highest BCUT2D eigenvalue weighted by Crippen LogP contribution is 2.32. The summed E-state index contributed by atoms with van der Waals surface area (Å²) in [7, 11) is -4.11. The molecule has 1 heterocycles. The van der Waals surface area contributed by atoms with Crippen LogP contribution in [0.2, 0.25) is 0 Å². The molecule has 0 aromatic heterocycles. The fourth-order valence-electron chi connectivity index (χ4n) is 0.636. The Morgan fingerprint density at radius 2 is 1.92 bits per heavy atom. The van der Waals surface area contributed by atoms with Crippen molar-refractivity contribution >= 4 is 21.9 Å². The Hall–Kier alpha value is -0.540. The van der Waals surface area contributed by atoms with Gasteiger partial charge in [-0.15, -0.1) is 22.0 Å².